The fourth-order valence-corrected chi connectivity index (χ4v) is 5.74. The predicted octanol–water partition coefficient (Wildman–Crippen LogP) is 7.64. The highest BCUT2D eigenvalue weighted by molar-refractivity contribution is 6.22. The van der Waals surface area contributed by atoms with Crippen LogP contribution in [-0.2, 0) is 14.4 Å². The number of anilines is 3. The molecule has 0 aromatic heterocycles. The maximum Gasteiger partial charge on any atom is 0.255 e. The molecule has 218 valence electrons. The normalized spacial score (nSPS) is 18.2. The lowest BCUT2D eigenvalue weighted by molar-refractivity contribution is -0.122. The first-order valence-electron chi connectivity index (χ1n) is 15.2. The van der Waals surface area contributed by atoms with Crippen LogP contribution < -0.4 is 15.5 Å². The molecule has 1 aliphatic carbocycles. The molecule has 0 unspecified atom stereocenters. The Morgan fingerprint density at radius 2 is 1.41 bits per heavy atom. The van der Waals surface area contributed by atoms with Crippen LogP contribution in [0.5, 0.6) is 0 Å². The number of nitrogens with one attached hydrogen (secondary N) is 2. The van der Waals surface area contributed by atoms with Crippen LogP contribution in [0.1, 0.15) is 101 Å². The van der Waals surface area contributed by atoms with E-state index < -0.39 is 0 Å². The fourth-order valence-electron chi connectivity index (χ4n) is 5.74. The van der Waals surface area contributed by atoms with Gasteiger partial charge < -0.3 is 10.6 Å². The SMILES string of the molecule is CCCCCCCCCCCC(=O)Nc1ccc(NC(=O)c2cccc(N3C(=O)[C@H]4CC=C(C)C[C@@H]4C3=O)c2)cc1. The summed E-state index contributed by atoms with van der Waals surface area (Å²) >= 11 is 0. The van der Waals surface area contributed by atoms with Gasteiger partial charge in [-0.3, -0.25) is 24.1 Å². The summed E-state index contributed by atoms with van der Waals surface area (Å²) in [6.07, 6.45) is 14.6. The van der Waals surface area contributed by atoms with Gasteiger partial charge >= 0.3 is 0 Å². The second kappa shape index (κ2) is 14.8. The van der Waals surface area contributed by atoms with Crippen molar-refractivity contribution in [1.29, 1.82) is 0 Å². The molecule has 2 atom stereocenters. The summed E-state index contributed by atoms with van der Waals surface area (Å²) in [7, 11) is 0. The van der Waals surface area contributed by atoms with Gasteiger partial charge in [-0.25, -0.2) is 0 Å². The van der Waals surface area contributed by atoms with Crippen molar-refractivity contribution in [2.24, 2.45) is 11.8 Å². The van der Waals surface area contributed by atoms with Crippen LogP contribution in [-0.4, -0.2) is 23.6 Å². The molecular formula is C34H43N3O4. The number of allylic oxidation sites excluding steroid dienone is 2. The number of fused-ring (bicyclic) bond motifs is 1. The van der Waals surface area contributed by atoms with Crippen molar-refractivity contribution < 1.29 is 19.2 Å². The number of hydrogen-bond donors (Lipinski definition) is 2. The number of rotatable bonds is 14. The Morgan fingerprint density at radius 3 is 2.10 bits per heavy atom. The van der Waals surface area contributed by atoms with Gasteiger partial charge in [0.15, 0.2) is 0 Å². The molecule has 41 heavy (non-hydrogen) atoms. The van der Waals surface area contributed by atoms with Gasteiger partial charge in [-0.15, -0.1) is 0 Å². The minimum absolute atomic E-state index is 0.00154. The van der Waals surface area contributed by atoms with Crippen LogP contribution in [0.15, 0.2) is 60.2 Å². The Bertz CT molecular complexity index is 1270. The molecule has 7 nitrogen and oxygen atoms in total. The van der Waals surface area contributed by atoms with Crippen LogP contribution in [0.25, 0.3) is 0 Å². The number of amides is 4. The summed E-state index contributed by atoms with van der Waals surface area (Å²) in [4.78, 5) is 52.6. The molecule has 2 aliphatic rings. The number of hydrogen-bond acceptors (Lipinski definition) is 4. The minimum Gasteiger partial charge on any atom is -0.326 e. The molecule has 1 heterocycles. The van der Waals surface area contributed by atoms with Crippen molar-refractivity contribution in [2.75, 3.05) is 15.5 Å². The van der Waals surface area contributed by atoms with E-state index in [4.69, 9.17) is 0 Å². The molecule has 0 spiro atoms. The number of nitrogens with zero attached hydrogens (tertiary/aromatic N) is 1. The van der Waals surface area contributed by atoms with Crippen LogP contribution >= 0.6 is 0 Å². The van der Waals surface area contributed by atoms with Gasteiger partial charge in [0.25, 0.3) is 5.91 Å². The van der Waals surface area contributed by atoms with E-state index in [1.54, 1.807) is 48.5 Å². The fraction of sp³-hybridized carbons (Fsp3) is 0.471. The van der Waals surface area contributed by atoms with Gasteiger partial charge in [0, 0.05) is 23.4 Å². The van der Waals surface area contributed by atoms with Crippen molar-refractivity contribution in [3.63, 3.8) is 0 Å². The molecule has 7 heteroatoms. The first-order valence-corrected chi connectivity index (χ1v) is 15.2. The van der Waals surface area contributed by atoms with E-state index in [9.17, 15) is 19.2 Å². The Balaban J connectivity index is 1.23. The number of carbonyl (C=O) groups excluding carboxylic acids is 4. The van der Waals surface area contributed by atoms with E-state index >= 15 is 0 Å². The van der Waals surface area contributed by atoms with Gasteiger partial charge in [0.2, 0.25) is 17.7 Å². The van der Waals surface area contributed by atoms with Crippen molar-refractivity contribution in [3.8, 4) is 0 Å². The highest BCUT2D eigenvalue weighted by Crippen LogP contribution is 2.39. The summed E-state index contributed by atoms with van der Waals surface area (Å²) in [6, 6.07) is 13.6. The van der Waals surface area contributed by atoms with Gasteiger partial charge in [0.1, 0.15) is 0 Å². The van der Waals surface area contributed by atoms with E-state index in [0.717, 1.165) is 18.4 Å². The van der Waals surface area contributed by atoms with E-state index in [1.807, 2.05) is 13.0 Å². The summed E-state index contributed by atoms with van der Waals surface area (Å²) in [6.45, 7) is 4.22. The molecule has 0 bridgehead atoms. The second-order valence-corrected chi connectivity index (χ2v) is 11.4. The third-order valence-electron chi connectivity index (χ3n) is 8.12. The Labute approximate surface area is 243 Å². The van der Waals surface area contributed by atoms with Crippen LogP contribution in [0.2, 0.25) is 0 Å². The first kappa shape index (κ1) is 30.2. The monoisotopic (exact) mass is 557 g/mol. The lowest BCUT2D eigenvalue weighted by Crippen LogP contribution is -2.31. The number of carbonyl (C=O) groups is 4. The largest absolute Gasteiger partial charge is 0.326 e. The van der Waals surface area contributed by atoms with E-state index in [0.29, 0.717) is 41.9 Å². The zero-order valence-electron chi connectivity index (χ0n) is 24.4. The highest BCUT2D eigenvalue weighted by Gasteiger charge is 2.48. The molecule has 2 aromatic carbocycles. The first-order chi connectivity index (χ1) is 19.9. The third kappa shape index (κ3) is 8.15. The summed E-state index contributed by atoms with van der Waals surface area (Å²) in [5.74, 6) is -1.39. The standard InChI is InChI=1S/C34H43N3O4/c1-3-4-5-6-7-8-9-10-11-15-31(38)35-26-17-19-27(20-18-26)36-32(39)25-13-12-14-28(23-25)37-33(40)29-21-16-24(2)22-30(29)34(37)41/h12-14,16-20,23,29-30H,3-11,15,21-22H2,1-2H3,(H,35,38)(H,36,39)/t29-,30-/m0/s1. The average molecular weight is 558 g/mol. The Morgan fingerprint density at radius 1 is 0.805 bits per heavy atom. The number of benzene rings is 2. The molecule has 1 aliphatic heterocycles. The summed E-state index contributed by atoms with van der Waals surface area (Å²) < 4.78 is 0. The molecule has 0 radical (unpaired) electrons. The maximum atomic E-state index is 13.1. The molecule has 0 saturated carbocycles. The third-order valence-corrected chi connectivity index (χ3v) is 8.12. The molecule has 2 aromatic rings. The van der Waals surface area contributed by atoms with Crippen molar-refractivity contribution in [1.82, 2.24) is 0 Å². The second-order valence-electron chi connectivity index (χ2n) is 11.4. The molecule has 1 fully saturated rings. The Kier molecular flexibility index (Phi) is 10.9. The van der Waals surface area contributed by atoms with Gasteiger partial charge in [0.05, 0.1) is 17.5 Å². The van der Waals surface area contributed by atoms with Crippen LogP contribution in [0.3, 0.4) is 0 Å². The smallest absolute Gasteiger partial charge is 0.255 e. The van der Waals surface area contributed by atoms with Crippen molar-refractivity contribution >= 4 is 40.7 Å². The summed E-state index contributed by atoms with van der Waals surface area (Å²) in [5, 5.41) is 5.78. The highest BCUT2D eigenvalue weighted by atomic mass is 16.2. The van der Waals surface area contributed by atoms with Crippen LogP contribution in [0.4, 0.5) is 17.1 Å². The van der Waals surface area contributed by atoms with Crippen molar-refractivity contribution in [3.05, 3.63) is 65.7 Å². The van der Waals surface area contributed by atoms with E-state index in [-0.39, 0.29) is 35.5 Å². The number of unbranched alkanes of at least 4 members (excludes halogenated alkanes) is 8. The molecule has 4 rings (SSSR count). The maximum absolute atomic E-state index is 13.1. The van der Waals surface area contributed by atoms with Gasteiger partial charge in [-0.2, -0.15) is 0 Å². The lowest BCUT2D eigenvalue weighted by Gasteiger charge is -2.18. The van der Waals surface area contributed by atoms with Crippen molar-refractivity contribution in [2.45, 2.75) is 90.9 Å². The average Bonchev–Trinajstić information content (AvgIpc) is 3.21. The Hall–Kier alpha value is -3.74. The summed E-state index contributed by atoms with van der Waals surface area (Å²) in [5.41, 5.74) is 3.17. The zero-order chi connectivity index (χ0) is 29.2. The quantitative estimate of drug-likeness (QED) is 0.142. The predicted molar refractivity (Wildman–Crippen MR) is 164 cm³/mol. The van der Waals surface area contributed by atoms with E-state index in [2.05, 4.69) is 17.6 Å². The van der Waals surface area contributed by atoms with E-state index in [1.165, 1.54) is 49.8 Å². The zero-order valence-corrected chi connectivity index (χ0v) is 24.4. The topological polar surface area (TPSA) is 95.6 Å². The molecule has 2 N–H and O–H groups in total. The molecular weight excluding hydrogens is 514 g/mol. The molecule has 1 saturated heterocycles. The van der Waals surface area contributed by atoms with Gasteiger partial charge in [-0.1, -0.05) is 76.0 Å². The minimum atomic E-state index is -0.344. The lowest BCUT2D eigenvalue weighted by atomic mass is 9.82. The molecule has 4 amide bonds. The van der Waals surface area contributed by atoms with Gasteiger partial charge in [-0.05, 0) is 68.7 Å². The number of imide groups is 1. The van der Waals surface area contributed by atoms with Crippen LogP contribution in [0, 0.1) is 11.8 Å².